The molecule has 2 unspecified atom stereocenters. The second-order valence-corrected chi connectivity index (χ2v) is 11.5. The number of hydrogen-bond acceptors (Lipinski definition) is 6. The molecule has 1 saturated heterocycles. The van der Waals surface area contributed by atoms with Crippen molar-refractivity contribution in [3.63, 3.8) is 0 Å². The molecule has 6 nitrogen and oxygen atoms in total. The summed E-state index contributed by atoms with van der Waals surface area (Å²) in [5.74, 6) is 0.550. The lowest BCUT2D eigenvalue weighted by molar-refractivity contribution is -0.331. The van der Waals surface area contributed by atoms with E-state index in [9.17, 15) is 0 Å². The zero-order chi connectivity index (χ0) is 27.7. The summed E-state index contributed by atoms with van der Waals surface area (Å²) in [5.41, 5.74) is 4.43. The predicted octanol–water partition coefficient (Wildman–Crippen LogP) is 6.59. The van der Waals surface area contributed by atoms with E-state index in [-0.39, 0.29) is 6.10 Å². The molecule has 2 fully saturated rings. The van der Waals surface area contributed by atoms with Crippen LogP contribution in [0, 0.1) is 5.92 Å². The lowest BCUT2D eigenvalue weighted by Gasteiger charge is -2.46. The van der Waals surface area contributed by atoms with Gasteiger partial charge in [-0.15, -0.1) is 0 Å². The highest BCUT2D eigenvalue weighted by Gasteiger charge is 2.49. The van der Waals surface area contributed by atoms with Crippen LogP contribution in [0.3, 0.4) is 0 Å². The molecular weight excluding hydrogens is 516 g/mol. The topological polar surface area (TPSA) is 55.4 Å². The van der Waals surface area contributed by atoms with Crippen LogP contribution in [0.2, 0.25) is 0 Å². The van der Waals surface area contributed by atoms with Crippen molar-refractivity contribution in [1.82, 2.24) is 0 Å². The first-order chi connectivity index (χ1) is 20.3. The standard InChI is InChI=1S/C35H42O6/c1-4-12-26(13-5-1)20-37-32-31-25-36-23-29-18-10-11-19-30(29)24-39-33(32)34(38-21-27-14-6-2-7-15-27)35(41-31)40-22-28-16-8-3-9-17-28/h1-2,4-7,10-15,18-19,28,31-35H,3,8-9,16-17,20-25H2/t31?,32-,33?,34-,35+/m0/s1. The van der Waals surface area contributed by atoms with E-state index in [0.29, 0.717) is 45.6 Å². The Hall–Kier alpha value is -2.58. The lowest BCUT2D eigenvalue weighted by Crippen LogP contribution is -2.62. The fourth-order valence-electron chi connectivity index (χ4n) is 6.14. The summed E-state index contributed by atoms with van der Waals surface area (Å²) >= 11 is 0. The van der Waals surface area contributed by atoms with Crippen molar-refractivity contribution in [1.29, 1.82) is 0 Å². The molecular formula is C35H42O6. The lowest BCUT2D eigenvalue weighted by atomic mass is 9.90. The van der Waals surface area contributed by atoms with Crippen LogP contribution in [0.15, 0.2) is 84.9 Å². The molecule has 3 aromatic rings. The number of ether oxygens (including phenoxy) is 6. The molecule has 2 bridgehead atoms. The number of rotatable bonds is 9. The molecule has 218 valence electrons. The summed E-state index contributed by atoms with van der Waals surface area (Å²) in [4.78, 5) is 0. The minimum Gasteiger partial charge on any atom is -0.374 e. The highest BCUT2D eigenvalue weighted by molar-refractivity contribution is 5.26. The van der Waals surface area contributed by atoms with Gasteiger partial charge in [0.15, 0.2) is 6.29 Å². The fourth-order valence-corrected chi connectivity index (χ4v) is 6.14. The normalized spacial score (nSPS) is 27.2. The van der Waals surface area contributed by atoms with E-state index in [0.717, 1.165) is 22.3 Å². The van der Waals surface area contributed by atoms with Gasteiger partial charge in [0, 0.05) is 0 Å². The Balaban J connectivity index is 1.28. The number of fused-ring (bicyclic) bond motifs is 3. The number of benzene rings is 3. The van der Waals surface area contributed by atoms with E-state index in [2.05, 4.69) is 36.4 Å². The maximum absolute atomic E-state index is 6.77. The fraction of sp³-hybridized carbons (Fsp3) is 0.486. The average Bonchev–Trinajstić information content (AvgIpc) is 3.03. The third kappa shape index (κ3) is 7.63. The van der Waals surface area contributed by atoms with Gasteiger partial charge in [-0.3, -0.25) is 0 Å². The van der Waals surface area contributed by atoms with Gasteiger partial charge in [-0.1, -0.05) is 104 Å². The van der Waals surface area contributed by atoms with Crippen LogP contribution >= 0.6 is 0 Å². The third-order valence-corrected chi connectivity index (χ3v) is 8.47. The molecule has 0 amide bonds. The highest BCUT2D eigenvalue weighted by Crippen LogP contribution is 2.33. The van der Waals surface area contributed by atoms with Crippen molar-refractivity contribution >= 4 is 0 Å². The maximum Gasteiger partial charge on any atom is 0.186 e. The molecule has 41 heavy (non-hydrogen) atoms. The Kier molecular flexibility index (Phi) is 10.1. The van der Waals surface area contributed by atoms with Gasteiger partial charge < -0.3 is 28.4 Å². The molecule has 0 radical (unpaired) electrons. The van der Waals surface area contributed by atoms with Crippen molar-refractivity contribution in [2.45, 2.75) is 89.2 Å². The molecule has 2 heterocycles. The quantitative estimate of drug-likeness (QED) is 0.295. The summed E-state index contributed by atoms with van der Waals surface area (Å²) < 4.78 is 39.6. The Labute approximate surface area is 243 Å². The highest BCUT2D eigenvalue weighted by atomic mass is 16.7. The molecule has 0 spiro atoms. The molecule has 5 atom stereocenters. The summed E-state index contributed by atoms with van der Waals surface area (Å²) in [6, 6.07) is 28.7. The molecule has 6 heteroatoms. The first-order valence-electron chi connectivity index (χ1n) is 15.2. The van der Waals surface area contributed by atoms with E-state index in [1.54, 1.807) is 0 Å². The molecule has 3 aromatic carbocycles. The Morgan fingerprint density at radius 3 is 1.93 bits per heavy atom. The molecule has 3 aliphatic rings. The van der Waals surface area contributed by atoms with Gasteiger partial charge in [0.25, 0.3) is 0 Å². The van der Waals surface area contributed by atoms with Crippen LogP contribution in [0.4, 0.5) is 0 Å². The summed E-state index contributed by atoms with van der Waals surface area (Å²) in [6.07, 6.45) is 4.05. The van der Waals surface area contributed by atoms with Crippen molar-refractivity contribution in [3.8, 4) is 0 Å². The third-order valence-electron chi connectivity index (χ3n) is 8.47. The first-order valence-corrected chi connectivity index (χ1v) is 15.2. The van der Waals surface area contributed by atoms with Crippen LogP contribution in [0.25, 0.3) is 0 Å². The average molecular weight is 559 g/mol. The molecule has 6 rings (SSSR count). The Morgan fingerprint density at radius 2 is 1.24 bits per heavy atom. The Bertz CT molecular complexity index is 1180. The van der Waals surface area contributed by atoms with E-state index < -0.39 is 24.6 Å². The van der Waals surface area contributed by atoms with Crippen molar-refractivity contribution in [2.24, 2.45) is 5.92 Å². The maximum atomic E-state index is 6.77. The van der Waals surface area contributed by atoms with Crippen LogP contribution in [0.1, 0.15) is 54.4 Å². The van der Waals surface area contributed by atoms with Gasteiger partial charge in [0.2, 0.25) is 0 Å². The molecule has 0 aromatic heterocycles. The van der Waals surface area contributed by atoms with E-state index in [1.165, 1.54) is 32.1 Å². The van der Waals surface area contributed by atoms with Gasteiger partial charge in [0.05, 0.1) is 39.6 Å². The van der Waals surface area contributed by atoms with Crippen LogP contribution in [-0.4, -0.2) is 43.9 Å². The van der Waals surface area contributed by atoms with Crippen molar-refractivity contribution in [2.75, 3.05) is 13.2 Å². The van der Waals surface area contributed by atoms with E-state index >= 15 is 0 Å². The monoisotopic (exact) mass is 558 g/mol. The van der Waals surface area contributed by atoms with Crippen LogP contribution < -0.4 is 0 Å². The van der Waals surface area contributed by atoms with E-state index in [1.807, 2.05) is 48.5 Å². The van der Waals surface area contributed by atoms with Gasteiger partial charge in [-0.25, -0.2) is 0 Å². The SMILES string of the molecule is c1ccc(CO[C@H]2C3COCc4ccccc4COC2[C@H](OCc2ccccc2)[C@H](OCC2CCCCC2)O3)cc1. The second kappa shape index (κ2) is 14.5. The Morgan fingerprint density at radius 1 is 0.634 bits per heavy atom. The zero-order valence-electron chi connectivity index (χ0n) is 23.8. The van der Waals surface area contributed by atoms with Crippen LogP contribution in [0.5, 0.6) is 0 Å². The molecule has 1 saturated carbocycles. The predicted molar refractivity (Wildman–Crippen MR) is 156 cm³/mol. The van der Waals surface area contributed by atoms with Crippen LogP contribution in [-0.2, 0) is 54.8 Å². The zero-order valence-corrected chi connectivity index (χ0v) is 23.8. The van der Waals surface area contributed by atoms with Gasteiger partial charge in [-0.2, -0.15) is 0 Å². The van der Waals surface area contributed by atoms with E-state index in [4.69, 9.17) is 28.4 Å². The minimum absolute atomic E-state index is 0.359. The first kappa shape index (κ1) is 28.5. The van der Waals surface area contributed by atoms with Crippen molar-refractivity contribution in [3.05, 3.63) is 107 Å². The van der Waals surface area contributed by atoms with Gasteiger partial charge in [-0.05, 0) is 41.0 Å². The summed E-state index contributed by atoms with van der Waals surface area (Å²) in [6.45, 7) is 2.85. The molecule has 0 N–H and O–H groups in total. The van der Waals surface area contributed by atoms with Gasteiger partial charge in [0.1, 0.15) is 24.4 Å². The molecule has 2 aliphatic heterocycles. The summed E-state index contributed by atoms with van der Waals surface area (Å²) in [5, 5.41) is 0. The molecule has 1 aliphatic carbocycles. The minimum atomic E-state index is -0.578. The van der Waals surface area contributed by atoms with Gasteiger partial charge >= 0.3 is 0 Å². The summed E-state index contributed by atoms with van der Waals surface area (Å²) in [7, 11) is 0. The number of hydrogen-bond donors (Lipinski definition) is 0. The largest absolute Gasteiger partial charge is 0.374 e. The smallest absolute Gasteiger partial charge is 0.186 e. The second-order valence-electron chi connectivity index (χ2n) is 11.5. The van der Waals surface area contributed by atoms with Crippen molar-refractivity contribution < 1.29 is 28.4 Å².